The molecule has 1 aliphatic carbocycles. The van der Waals surface area contributed by atoms with Gasteiger partial charge >= 0.3 is 5.91 Å². The van der Waals surface area contributed by atoms with Gasteiger partial charge < -0.3 is 10.1 Å². The van der Waals surface area contributed by atoms with Crippen LogP contribution >= 0.6 is 0 Å². The number of aryl methyl sites for hydroxylation is 1. The number of aldehydes is 1. The predicted octanol–water partition coefficient (Wildman–Crippen LogP) is 3.94. The van der Waals surface area contributed by atoms with Crippen molar-refractivity contribution < 1.29 is 19.1 Å². The molecule has 1 unspecified atom stereocenters. The highest BCUT2D eigenvalue weighted by Gasteiger charge is 2.47. The van der Waals surface area contributed by atoms with Crippen molar-refractivity contribution in [2.45, 2.75) is 25.0 Å². The summed E-state index contributed by atoms with van der Waals surface area (Å²) in [4.78, 5) is 47.2. The number of amides is 2. The first-order valence-corrected chi connectivity index (χ1v) is 10.1. The number of hydrogen-bond acceptors (Lipinski definition) is 5. The quantitative estimate of drug-likeness (QED) is 0.454. The standard InChI is InChI=1S/C25H20N2O5/c28-15-17-5-7-18(8-6-17)16-32-21-11-9-20(10-12-21)23(29)26-25(24(30)27-31)14-13-19-3-1-2-4-22(19)25/h1-12,15H,13-14,16H2,(H,26,29). The number of carbonyl (C=O) groups excluding carboxylic acids is 3. The third-order valence-electron chi connectivity index (χ3n) is 5.66. The number of benzene rings is 3. The van der Waals surface area contributed by atoms with Gasteiger partial charge in [0.2, 0.25) is 0 Å². The summed E-state index contributed by atoms with van der Waals surface area (Å²) in [5.74, 6) is -0.821. The topological polar surface area (TPSA) is 102 Å². The fraction of sp³-hybridized carbons (Fsp3) is 0.160. The van der Waals surface area contributed by atoms with Crippen LogP contribution in [0.5, 0.6) is 5.75 Å². The molecule has 7 heteroatoms. The van der Waals surface area contributed by atoms with Crippen LogP contribution in [0.4, 0.5) is 0 Å². The molecule has 0 aromatic heterocycles. The molecule has 0 radical (unpaired) electrons. The number of nitrogens with one attached hydrogen (secondary N) is 1. The second-order valence-corrected chi connectivity index (χ2v) is 7.59. The Bertz CT molecular complexity index is 1170. The van der Waals surface area contributed by atoms with Gasteiger partial charge in [-0.15, -0.1) is 4.91 Å². The fourth-order valence-corrected chi connectivity index (χ4v) is 3.92. The summed E-state index contributed by atoms with van der Waals surface area (Å²) in [6.45, 7) is 0.310. The SMILES string of the molecule is O=Cc1ccc(COc2ccc(C(=O)NC3(C(=O)N=O)CCc4ccccc43)cc2)cc1. The number of carbonyl (C=O) groups is 3. The monoisotopic (exact) mass is 428 g/mol. The molecule has 3 aromatic rings. The van der Waals surface area contributed by atoms with E-state index in [1.807, 2.05) is 24.3 Å². The number of fused-ring (bicyclic) bond motifs is 1. The first-order chi connectivity index (χ1) is 15.6. The predicted molar refractivity (Wildman–Crippen MR) is 117 cm³/mol. The van der Waals surface area contributed by atoms with E-state index in [1.54, 1.807) is 48.5 Å². The van der Waals surface area contributed by atoms with Crippen LogP contribution in [0.15, 0.2) is 78.0 Å². The second kappa shape index (κ2) is 8.93. The van der Waals surface area contributed by atoms with Gasteiger partial charge in [0.15, 0.2) is 5.54 Å². The smallest absolute Gasteiger partial charge is 0.316 e. The summed E-state index contributed by atoms with van der Waals surface area (Å²) in [5, 5.41) is 5.38. The number of hydrogen-bond donors (Lipinski definition) is 1. The molecule has 1 N–H and O–H groups in total. The van der Waals surface area contributed by atoms with Crippen LogP contribution in [0, 0.1) is 4.91 Å². The molecule has 7 nitrogen and oxygen atoms in total. The van der Waals surface area contributed by atoms with Gasteiger partial charge in [-0.25, -0.2) is 0 Å². The van der Waals surface area contributed by atoms with Gasteiger partial charge in [0.1, 0.15) is 18.6 Å². The molecule has 0 saturated heterocycles. The van der Waals surface area contributed by atoms with Crippen molar-refractivity contribution in [1.82, 2.24) is 5.32 Å². The van der Waals surface area contributed by atoms with Crippen molar-refractivity contribution >= 4 is 18.1 Å². The molecule has 0 saturated carbocycles. The molecule has 1 atom stereocenters. The van der Waals surface area contributed by atoms with Crippen LogP contribution in [0.25, 0.3) is 0 Å². The molecule has 4 rings (SSSR count). The van der Waals surface area contributed by atoms with E-state index in [0.717, 1.165) is 17.4 Å². The average Bonchev–Trinajstić information content (AvgIpc) is 3.22. The summed E-state index contributed by atoms with van der Waals surface area (Å²) >= 11 is 0. The summed E-state index contributed by atoms with van der Waals surface area (Å²) in [7, 11) is 0. The van der Waals surface area contributed by atoms with E-state index >= 15 is 0 Å². The maximum Gasteiger partial charge on any atom is 0.316 e. The van der Waals surface area contributed by atoms with E-state index in [1.165, 1.54) is 0 Å². The third kappa shape index (κ3) is 4.05. The van der Waals surface area contributed by atoms with E-state index in [4.69, 9.17) is 4.74 Å². The Balaban J connectivity index is 1.46. The molecular weight excluding hydrogens is 408 g/mol. The van der Waals surface area contributed by atoms with E-state index < -0.39 is 17.4 Å². The Morgan fingerprint density at radius 1 is 1.00 bits per heavy atom. The van der Waals surface area contributed by atoms with Gasteiger partial charge in [-0.1, -0.05) is 48.5 Å². The minimum absolute atomic E-state index is 0.284. The highest BCUT2D eigenvalue weighted by molar-refractivity contribution is 6.00. The van der Waals surface area contributed by atoms with Gasteiger partial charge in [-0.2, -0.15) is 0 Å². The molecule has 2 amide bonds. The molecule has 0 aliphatic heterocycles. The Morgan fingerprint density at radius 3 is 2.41 bits per heavy atom. The lowest BCUT2D eigenvalue weighted by molar-refractivity contribution is -0.124. The summed E-state index contributed by atoms with van der Waals surface area (Å²) in [6, 6.07) is 20.8. The first-order valence-electron chi connectivity index (χ1n) is 10.1. The van der Waals surface area contributed by atoms with Crippen molar-refractivity contribution in [2.75, 3.05) is 0 Å². The van der Waals surface area contributed by atoms with Crippen molar-refractivity contribution in [3.63, 3.8) is 0 Å². The lowest BCUT2D eigenvalue weighted by Crippen LogP contribution is -2.49. The molecule has 3 aromatic carbocycles. The van der Waals surface area contributed by atoms with E-state index in [-0.39, 0.29) is 6.42 Å². The lowest BCUT2D eigenvalue weighted by Gasteiger charge is -2.27. The van der Waals surface area contributed by atoms with Crippen LogP contribution in [0.1, 0.15) is 43.8 Å². The normalized spacial score (nSPS) is 16.6. The van der Waals surface area contributed by atoms with Gasteiger partial charge in [0.05, 0.1) is 0 Å². The molecule has 0 spiro atoms. The first kappa shape index (κ1) is 21.1. The van der Waals surface area contributed by atoms with Crippen LogP contribution < -0.4 is 10.1 Å². The molecule has 160 valence electrons. The maximum atomic E-state index is 12.9. The number of nitroso groups, excluding NO2 is 1. The number of nitrogens with zero attached hydrogens (tertiary/aromatic N) is 1. The number of rotatable bonds is 7. The Labute approximate surface area is 184 Å². The molecule has 32 heavy (non-hydrogen) atoms. The van der Waals surface area contributed by atoms with Crippen molar-refractivity contribution in [2.24, 2.45) is 5.18 Å². The molecule has 1 aliphatic rings. The van der Waals surface area contributed by atoms with E-state index in [0.29, 0.717) is 35.5 Å². The van der Waals surface area contributed by atoms with E-state index in [9.17, 15) is 19.3 Å². The summed E-state index contributed by atoms with van der Waals surface area (Å²) in [5.41, 5.74) is 1.90. The zero-order chi connectivity index (χ0) is 22.6. The number of ether oxygens (including phenoxy) is 1. The molecule has 0 fully saturated rings. The van der Waals surface area contributed by atoms with Crippen LogP contribution in [-0.4, -0.2) is 18.1 Å². The lowest BCUT2D eigenvalue weighted by atomic mass is 9.90. The van der Waals surface area contributed by atoms with Crippen LogP contribution in [0.3, 0.4) is 0 Å². The van der Waals surface area contributed by atoms with Crippen molar-refractivity contribution in [3.8, 4) is 5.75 Å². The maximum absolute atomic E-state index is 12.9. The van der Waals surface area contributed by atoms with Crippen LogP contribution in [-0.2, 0) is 23.4 Å². The van der Waals surface area contributed by atoms with Gasteiger partial charge in [0.25, 0.3) is 5.91 Å². The second-order valence-electron chi connectivity index (χ2n) is 7.59. The largest absolute Gasteiger partial charge is 0.489 e. The minimum atomic E-state index is -1.45. The average molecular weight is 428 g/mol. The zero-order valence-electron chi connectivity index (χ0n) is 17.1. The summed E-state index contributed by atoms with van der Waals surface area (Å²) in [6.07, 6.45) is 1.63. The molecule has 0 heterocycles. The molecule has 0 bridgehead atoms. The van der Waals surface area contributed by atoms with Gasteiger partial charge in [-0.05, 0) is 53.8 Å². The highest BCUT2D eigenvalue weighted by Crippen LogP contribution is 2.38. The Hall–Kier alpha value is -4.13. The zero-order valence-corrected chi connectivity index (χ0v) is 17.1. The Morgan fingerprint density at radius 2 is 1.72 bits per heavy atom. The van der Waals surface area contributed by atoms with Gasteiger partial charge in [-0.3, -0.25) is 14.4 Å². The fourth-order valence-electron chi connectivity index (χ4n) is 3.92. The minimum Gasteiger partial charge on any atom is -0.489 e. The van der Waals surface area contributed by atoms with E-state index in [2.05, 4.69) is 10.5 Å². The van der Waals surface area contributed by atoms with Crippen molar-refractivity contribution in [3.05, 3.63) is 106 Å². The van der Waals surface area contributed by atoms with Gasteiger partial charge in [0, 0.05) is 16.3 Å². The third-order valence-corrected chi connectivity index (χ3v) is 5.66. The van der Waals surface area contributed by atoms with Crippen molar-refractivity contribution in [1.29, 1.82) is 0 Å². The molecular formula is C25H20N2O5. The Kier molecular flexibility index (Phi) is 5.89. The summed E-state index contributed by atoms with van der Waals surface area (Å²) < 4.78 is 5.73. The highest BCUT2D eigenvalue weighted by atomic mass is 16.5. The van der Waals surface area contributed by atoms with Crippen LogP contribution in [0.2, 0.25) is 0 Å².